The molecule has 2 aliphatic rings. The first-order valence-electron chi connectivity index (χ1n) is 11.0. The van der Waals surface area contributed by atoms with Crippen molar-refractivity contribution in [3.05, 3.63) is 23.5 Å². The number of rotatable bonds is 4. The molecule has 0 spiro atoms. The topological polar surface area (TPSA) is 81.0 Å². The van der Waals surface area contributed by atoms with E-state index in [4.69, 9.17) is 18.8 Å². The Kier molecular flexibility index (Phi) is 6.51. The molecule has 174 valence electrons. The van der Waals surface area contributed by atoms with Gasteiger partial charge in [-0.05, 0) is 73.4 Å². The van der Waals surface area contributed by atoms with E-state index in [0.717, 1.165) is 18.9 Å². The van der Waals surface area contributed by atoms with Gasteiger partial charge in [0.15, 0.2) is 0 Å². The van der Waals surface area contributed by atoms with Crippen molar-refractivity contribution in [3.8, 4) is 11.8 Å². The van der Waals surface area contributed by atoms with Gasteiger partial charge in [-0.2, -0.15) is 5.26 Å². The third-order valence-electron chi connectivity index (χ3n) is 6.16. The van der Waals surface area contributed by atoms with Crippen LogP contribution in [0.5, 0.6) is 5.75 Å². The number of nitriles is 1. The van der Waals surface area contributed by atoms with Crippen molar-refractivity contribution < 1.29 is 28.0 Å². The number of carbonyl (C=O) groups is 1. The second-order valence-corrected chi connectivity index (χ2v) is 10.4. The van der Waals surface area contributed by atoms with E-state index in [1.807, 2.05) is 54.5 Å². The van der Waals surface area contributed by atoms with Crippen LogP contribution in [0.2, 0.25) is 0 Å². The second-order valence-electron chi connectivity index (χ2n) is 10.4. The molecule has 1 amide bonds. The summed E-state index contributed by atoms with van der Waals surface area (Å²) in [4.78, 5) is 14.2. The Morgan fingerprint density at radius 2 is 1.91 bits per heavy atom. The molecule has 0 aromatic heterocycles. The summed E-state index contributed by atoms with van der Waals surface area (Å²) in [6.45, 7) is 13.8. The summed E-state index contributed by atoms with van der Waals surface area (Å²) >= 11 is 0. The predicted molar refractivity (Wildman–Crippen MR) is 118 cm³/mol. The molecule has 1 aromatic rings. The molecular weight excluding hydrogens is 414 g/mol. The van der Waals surface area contributed by atoms with Crippen LogP contribution >= 0.6 is 0 Å². The van der Waals surface area contributed by atoms with Crippen LogP contribution in [0.4, 0.5) is 9.18 Å². The maximum Gasteiger partial charge on any atom is 0.497 e. The van der Waals surface area contributed by atoms with Crippen LogP contribution in [0.15, 0.2) is 12.1 Å². The van der Waals surface area contributed by atoms with Gasteiger partial charge < -0.3 is 23.7 Å². The van der Waals surface area contributed by atoms with Crippen molar-refractivity contribution in [2.24, 2.45) is 0 Å². The summed E-state index contributed by atoms with van der Waals surface area (Å²) in [7, 11) is -0.917. The van der Waals surface area contributed by atoms with Crippen LogP contribution in [0.3, 0.4) is 0 Å². The standard InChI is InChI=1S/C23H32BFN2O5/c1-21(2,3)30-20(28)27-10-8-9-16(27)14-29-19-12-17(18(25)11-15(19)13-26)24-31-22(4,5)23(6,7)32-24/h11-12,16H,8-10,14H2,1-7H3. The maximum absolute atomic E-state index is 14.8. The lowest BCUT2D eigenvalue weighted by Crippen LogP contribution is -2.42. The summed E-state index contributed by atoms with van der Waals surface area (Å²) in [5.74, 6) is -0.363. The first-order valence-corrected chi connectivity index (χ1v) is 11.0. The average Bonchev–Trinajstić information content (AvgIpc) is 3.20. The Labute approximate surface area is 189 Å². The van der Waals surface area contributed by atoms with Gasteiger partial charge in [-0.3, -0.25) is 0 Å². The van der Waals surface area contributed by atoms with E-state index in [9.17, 15) is 14.4 Å². The van der Waals surface area contributed by atoms with Crippen LogP contribution in [-0.4, -0.2) is 54.1 Å². The molecule has 2 aliphatic heterocycles. The summed E-state index contributed by atoms with van der Waals surface area (Å²) in [6.07, 6.45) is 1.20. The Bertz CT molecular complexity index is 906. The van der Waals surface area contributed by atoms with Crippen molar-refractivity contribution >= 4 is 18.7 Å². The highest BCUT2D eigenvalue weighted by Crippen LogP contribution is 2.37. The Morgan fingerprint density at radius 1 is 1.28 bits per heavy atom. The molecule has 0 radical (unpaired) electrons. The van der Waals surface area contributed by atoms with Gasteiger partial charge in [0, 0.05) is 12.0 Å². The number of benzene rings is 1. The fourth-order valence-corrected chi connectivity index (χ4v) is 3.68. The maximum atomic E-state index is 14.8. The molecule has 0 aliphatic carbocycles. The first kappa shape index (κ1) is 24.3. The van der Waals surface area contributed by atoms with Crippen molar-refractivity contribution in [3.63, 3.8) is 0 Å². The van der Waals surface area contributed by atoms with E-state index in [1.54, 1.807) is 4.90 Å². The van der Waals surface area contributed by atoms with E-state index >= 15 is 0 Å². The van der Waals surface area contributed by atoms with Crippen molar-refractivity contribution in [2.75, 3.05) is 13.2 Å². The fraction of sp³-hybridized carbons (Fsp3) is 0.652. The largest absolute Gasteiger partial charge is 0.497 e. The molecule has 3 rings (SSSR count). The molecule has 7 nitrogen and oxygen atoms in total. The monoisotopic (exact) mass is 446 g/mol. The van der Waals surface area contributed by atoms with Gasteiger partial charge in [-0.25, -0.2) is 9.18 Å². The SMILES string of the molecule is CC(C)(C)OC(=O)N1CCCC1COc1cc(B2OC(C)(C)C(C)(C)O2)c(F)cc1C#N. The Morgan fingerprint density at radius 3 is 2.47 bits per heavy atom. The van der Waals surface area contributed by atoms with Gasteiger partial charge in [0.2, 0.25) is 0 Å². The van der Waals surface area contributed by atoms with E-state index < -0.39 is 29.7 Å². The molecule has 2 heterocycles. The highest BCUT2D eigenvalue weighted by molar-refractivity contribution is 6.62. The molecular formula is C23H32BFN2O5. The van der Waals surface area contributed by atoms with Gasteiger partial charge in [-0.15, -0.1) is 0 Å². The van der Waals surface area contributed by atoms with E-state index in [-0.39, 0.29) is 35.5 Å². The number of carbonyl (C=O) groups excluding carboxylic acids is 1. The molecule has 1 atom stereocenters. The van der Waals surface area contributed by atoms with Crippen LogP contribution in [-0.2, 0) is 14.0 Å². The van der Waals surface area contributed by atoms with Gasteiger partial charge in [0.25, 0.3) is 0 Å². The van der Waals surface area contributed by atoms with Gasteiger partial charge >= 0.3 is 13.2 Å². The highest BCUT2D eigenvalue weighted by atomic mass is 19.1. The van der Waals surface area contributed by atoms with E-state index in [1.165, 1.54) is 6.07 Å². The third kappa shape index (κ3) is 5.02. The minimum atomic E-state index is -0.917. The molecule has 2 saturated heterocycles. The predicted octanol–water partition coefficient (Wildman–Crippen LogP) is 3.77. The number of nitrogens with zero attached hydrogens (tertiary/aromatic N) is 2. The quantitative estimate of drug-likeness (QED) is 0.655. The summed E-state index contributed by atoms with van der Waals surface area (Å²) < 4.78 is 38.1. The molecule has 1 aromatic carbocycles. The lowest BCUT2D eigenvalue weighted by atomic mass is 9.78. The molecule has 0 bridgehead atoms. The molecule has 0 N–H and O–H groups in total. The molecule has 1 unspecified atom stereocenters. The zero-order valence-corrected chi connectivity index (χ0v) is 20.0. The lowest BCUT2D eigenvalue weighted by Gasteiger charge is -2.32. The van der Waals surface area contributed by atoms with E-state index in [2.05, 4.69) is 0 Å². The van der Waals surface area contributed by atoms with Crippen LogP contribution in [0, 0.1) is 17.1 Å². The highest BCUT2D eigenvalue weighted by Gasteiger charge is 2.52. The molecule has 0 saturated carbocycles. The lowest BCUT2D eigenvalue weighted by molar-refractivity contribution is 0.00578. The number of ether oxygens (including phenoxy) is 2. The van der Waals surface area contributed by atoms with Gasteiger partial charge in [0.1, 0.15) is 29.8 Å². The van der Waals surface area contributed by atoms with Gasteiger partial charge in [-0.1, -0.05) is 0 Å². The van der Waals surface area contributed by atoms with Crippen molar-refractivity contribution in [2.45, 2.75) is 84.2 Å². The number of hydrogen-bond acceptors (Lipinski definition) is 6. The Hall–Kier alpha value is -2.31. The van der Waals surface area contributed by atoms with Crippen LogP contribution in [0.1, 0.15) is 66.9 Å². The average molecular weight is 446 g/mol. The summed E-state index contributed by atoms with van der Waals surface area (Å²) in [6, 6.07) is 4.38. The van der Waals surface area contributed by atoms with E-state index in [0.29, 0.717) is 6.54 Å². The minimum Gasteiger partial charge on any atom is -0.490 e. The minimum absolute atomic E-state index is 0.0737. The number of halogens is 1. The normalized spacial score (nSPS) is 22.0. The fourth-order valence-electron chi connectivity index (χ4n) is 3.68. The third-order valence-corrected chi connectivity index (χ3v) is 6.16. The van der Waals surface area contributed by atoms with Crippen LogP contribution in [0.25, 0.3) is 0 Å². The molecule has 2 fully saturated rings. The zero-order valence-electron chi connectivity index (χ0n) is 20.0. The molecule has 9 heteroatoms. The second kappa shape index (κ2) is 8.56. The van der Waals surface area contributed by atoms with Gasteiger partial charge in [0.05, 0.1) is 22.8 Å². The zero-order chi connectivity index (χ0) is 23.9. The van der Waals surface area contributed by atoms with Crippen molar-refractivity contribution in [1.82, 2.24) is 4.90 Å². The number of hydrogen-bond donors (Lipinski definition) is 0. The summed E-state index contributed by atoms with van der Waals surface area (Å²) in [5.41, 5.74) is -1.60. The smallest absolute Gasteiger partial charge is 0.490 e. The summed E-state index contributed by atoms with van der Waals surface area (Å²) in [5, 5.41) is 9.48. The van der Waals surface area contributed by atoms with Crippen LogP contribution < -0.4 is 10.2 Å². The molecule has 32 heavy (non-hydrogen) atoms. The van der Waals surface area contributed by atoms with Crippen molar-refractivity contribution in [1.29, 1.82) is 5.26 Å². The number of likely N-dealkylation sites (tertiary alicyclic amines) is 1. The first-order chi connectivity index (χ1) is 14.7. The number of amides is 1. The Balaban J connectivity index is 1.78.